The summed E-state index contributed by atoms with van der Waals surface area (Å²) in [6, 6.07) is 0. The third-order valence-electron chi connectivity index (χ3n) is 7.98. The van der Waals surface area contributed by atoms with Gasteiger partial charge in [0.25, 0.3) is 0 Å². The van der Waals surface area contributed by atoms with Gasteiger partial charge in [0.2, 0.25) is 0 Å². The fourth-order valence-corrected chi connectivity index (χ4v) is 5.45. The zero-order valence-electron chi connectivity index (χ0n) is 25.4. The highest BCUT2D eigenvalue weighted by Crippen LogP contribution is 2.14. The van der Waals surface area contributed by atoms with Gasteiger partial charge >= 0.3 is 0 Å². The van der Waals surface area contributed by atoms with E-state index < -0.39 is 0 Å². The first-order valence-corrected chi connectivity index (χ1v) is 17.1. The van der Waals surface area contributed by atoms with Gasteiger partial charge in [0.05, 0.1) is 0 Å². The van der Waals surface area contributed by atoms with E-state index in [9.17, 15) is 0 Å². The Morgan fingerprint density at radius 2 is 0.400 bits per heavy atom. The smallest absolute Gasteiger partial charge is 0.00187 e. The Kier molecular flexibility index (Phi) is 32.0. The monoisotopic (exact) mass is 494 g/mol. The number of unbranched alkanes of at least 4 members (excludes halogenated alkanes) is 25. The van der Waals surface area contributed by atoms with E-state index in [1.165, 1.54) is 199 Å². The molecule has 0 aliphatic heterocycles. The summed E-state index contributed by atoms with van der Waals surface area (Å²) in [5.74, 6) is 0. The molecule has 0 aliphatic carbocycles. The summed E-state index contributed by atoms with van der Waals surface area (Å²) in [5.41, 5.74) is 0. The Hall–Kier alpha value is -0.0400. The largest absolute Gasteiger partial charge is 0.303 e. The van der Waals surface area contributed by atoms with Gasteiger partial charge in [-0.05, 0) is 38.9 Å². The first kappa shape index (κ1) is 35.0. The quantitative estimate of drug-likeness (QED) is 0.0867. The molecule has 0 fully saturated rings. The average molecular weight is 494 g/mol. The topological polar surface area (TPSA) is 3.24 Å². The van der Waals surface area contributed by atoms with Gasteiger partial charge in [0.15, 0.2) is 0 Å². The van der Waals surface area contributed by atoms with Crippen molar-refractivity contribution in [2.75, 3.05) is 19.6 Å². The van der Waals surface area contributed by atoms with Crippen LogP contribution < -0.4 is 0 Å². The second kappa shape index (κ2) is 32.0. The Bertz CT molecular complexity index is 328. The van der Waals surface area contributed by atoms with Gasteiger partial charge in [-0.2, -0.15) is 0 Å². The van der Waals surface area contributed by atoms with E-state index in [-0.39, 0.29) is 0 Å². The van der Waals surface area contributed by atoms with Crippen molar-refractivity contribution in [2.24, 2.45) is 0 Å². The third kappa shape index (κ3) is 30.1. The molecule has 0 saturated carbocycles. The van der Waals surface area contributed by atoms with Crippen molar-refractivity contribution in [3.05, 3.63) is 0 Å². The predicted octanol–water partition coefficient (Wildman–Crippen LogP) is 12.3. The van der Waals surface area contributed by atoms with Gasteiger partial charge in [0, 0.05) is 0 Å². The Balaban J connectivity index is 3.84. The molecule has 0 aromatic carbocycles. The van der Waals surface area contributed by atoms with Gasteiger partial charge in [-0.1, -0.05) is 181 Å². The van der Waals surface area contributed by atoms with Crippen molar-refractivity contribution in [3.8, 4) is 0 Å². The molecule has 0 aliphatic rings. The second-order valence-electron chi connectivity index (χ2n) is 11.7. The van der Waals surface area contributed by atoms with E-state index in [1.54, 1.807) is 0 Å². The predicted molar refractivity (Wildman–Crippen MR) is 163 cm³/mol. The van der Waals surface area contributed by atoms with Crippen LogP contribution in [0.1, 0.15) is 201 Å². The lowest BCUT2D eigenvalue weighted by atomic mass is 10.1. The van der Waals surface area contributed by atoms with Crippen LogP contribution in [0.5, 0.6) is 0 Å². The normalized spacial score (nSPS) is 11.7. The lowest BCUT2D eigenvalue weighted by molar-refractivity contribution is 0.254. The minimum absolute atomic E-state index is 1.36. The number of nitrogens with zero attached hydrogens (tertiary/aromatic N) is 1. The molecular formula is C34H71N. The van der Waals surface area contributed by atoms with Crippen LogP contribution in [0.2, 0.25) is 0 Å². The van der Waals surface area contributed by atoms with Gasteiger partial charge < -0.3 is 4.90 Å². The zero-order chi connectivity index (χ0) is 25.5. The highest BCUT2D eigenvalue weighted by atomic mass is 15.1. The fourth-order valence-electron chi connectivity index (χ4n) is 5.45. The molecular weight excluding hydrogens is 422 g/mol. The molecule has 0 aromatic heterocycles. The van der Waals surface area contributed by atoms with Crippen LogP contribution in [0.15, 0.2) is 0 Å². The molecule has 0 radical (unpaired) electrons. The standard InChI is InChI=1S/C34H71N/c1-4-7-10-13-16-19-21-24-27-30-33-35(32-29-26-23-18-15-12-9-6-3)34-31-28-25-22-20-17-14-11-8-5-2/h4-34H2,1-3H3. The minimum Gasteiger partial charge on any atom is -0.303 e. The van der Waals surface area contributed by atoms with Crippen LogP contribution in [-0.2, 0) is 0 Å². The second-order valence-corrected chi connectivity index (χ2v) is 11.7. The maximum Gasteiger partial charge on any atom is -0.00187 e. The van der Waals surface area contributed by atoms with Gasteiger partial charge in [0.1, 0.15) is 0 Å². The molecule has 0 rings (SSSR count). The molecule has 0 heterocycles. The molecule has 1 heteroatoms. The van der Waals surface area contributed by atoms with Crippen molar-refractivity contribution in [1.82, 2.24) is 4.90 Å². The molecule has 0 saturated heterocycles. The molecule has 0 bridgehead atoms. The molecule has 0 spiro atoms. The van der Waals surface area contributed by atoms with E-state index in [1.807, 2.05) is 0 Å². The summed E-state index contributed by atoms with van der Waals surface area (Å²) in [6.45, 7) is 11.0. The van der Waals surface area contributed by atoms with E-state index in [4.69, 9.17) is 0 Å². The fraction of sp³-hybridized carbons (Fsp3) is 1.00. The zero-order valence-corrected chi connectivity index (χ0v) is 25.4. The molecule has 1 nitrogen and oxygen atoms in total. The molecule has 0 aromatic rings. The van der Waals surface area contributed by atoms with E-state index in [0.717, 1.165) is 0 Å². The van der Waals surface area contributed by atoms with Crippen LogP contribution in [-0.4, -0.2) is 24.5 Å². The third-order valence-corrected chi connectivity index (χ3v) is 7.98. The van der Waals surface area contributed by atoms with Crippen LogP contribution in [0.25, 0.3) is 0 Å². The maximum atomic E-state index is 2.84. The summed E-state index contributed by atoms with van der Waals surface area (Å²) in [6.07, 6.45) is 40.6. The number of rotatable bonds is 31. The molecule has 0 unspecified atom stereocenters. The maximum absolute atomic E-state index is 2.84. The molecule has 0 amide bonds. The number of hydrogen-bond donors (Lipinski definition) is 0. The average Bonchev–Trinajstić information content (AvgIpc) is 2.87. The van der Waals surface area contributed by atoms with Gasteiger partial charge in [-0.3, -0.25) is 0 Å². The highest BCUT2D eigenvalue weighted by molar-refractivity contribution is 4.61. The van der Waals surface area contributed by atoms with Crippen molar-refractivity contribution >= 4 is 0 Å². The molecule has 212 valence electrons. The van der Waals surface area contributed by atoms with E-state index >= 15 is 0 Å². The van der Waals surface area contributed by atoms with E-state index in [2.05, 4.69) is 25.7 Å². The summed E-state index contributed by atoms with van der Waals surface area (Å²) < 4.78 is 0. The lowest BCUT2D eigenvalue weighted by Crippen LogP contribution is -2.27. The van der Waals surface area contributed by atoms with Crippen molar-refractivity contribution < 1.29 is 0 Å². The van der Waals surface area contributed by atoms with Crippen LogP contribution >= 0.6 is 0 Å². The first-order valence-electron chi connectivity index (χ1n) is 17.1. The number of hydrogen-bond acceptors (Lipinski definition) is 1. The van der Waals surface area contributed by atoms with Crippen LogP contribution in [0, 0.1) is 0 Å². The molecule has 0 atom stereocenters. The SMILES string of the molecule is CCCCCCCCCCCCN(CCCCCCCCCC)CCCCCCCCCCCC. The summed E-state index contributed by atoms with van der Waals surface area (Å²) >= 11 is 0. The minimum atomic E-state index is 1.36. The van der Waals surface area contributed by atoms with Crippen molar-refractivity contribution in [1.29, 1.82) is 0 Å². The molecule has 0 N–H and O–H groups in total. The summed E-state index contributed by atoms with van der Waals surface area (Å²) in [4.78, 5) is 2.84. The van der Waals surface area contributed by atoms with Crippen molar-refractivity contribution in [2.45, 2.75) is 201 Å². The Morgan fingerprint density at radius 3 is 0.600 bits per heavy atom. The molecule has 35 heavy (non-hydrogen) atoms. The first-order chi connectivity index (χ1) is 17.3. The lowest BCUT2D eigenvalue weighted by Gasteiger charge is -2.22. The van der Waals surface area contributed by atoms with Crippen LogP contribution in [0.3, 0.4) is 0 Å². The van der Waals surface area contributed by atoms with Gasteiger partial charge in [-0.25, -0.2) is 0 Å². The highest BCUT2D eigenvalue weighted by Gasteiger charge is 2.05. The Labute approximate surface area is 225 Å². The summed E-state index contributed by atoms with van der Waals surface area (Å²) in [7, 11) is 0. The van der Waals surface area contributed by atoms with E-state index in [0.29, 0.717) is 0 Å². The van der Waals surface area contributed by atoms with Crippen molar-refractivity contribution in [3.63, 3.8) is 0 Å². The Morgan fingerprint density at radius 1 is 0.229 bits per heavy atom. The van der Waals surface area contributed by atoms with Crippen LogP contribution in [0.4, 0.5) is 0 Å². The van der Waals surface area contributed by atoms with Gasteiger partial charge in [-0.15, -0.1) is 0 Å². The summed E-state index contributed by atoms with van der Waals surface area (Å²) in [5, 5.41) is 0.